The van der Waals surface area contributed by atoms with Crippen LogP contribution in [0, 0.1) is 10.1 Å². The van der Waals surface area contributed by atoms with Crippen molar-refractivity contribution in [1.29, 1.82) is 0 Å². The molecule has 2 aliphatic rings. The molecule has 3 N–H and O–H groups in total. The minimum atomic E-state index is -0.559. The lowest BCUT2D eigenvalue weighted by Gasteiger charge is -2.35. The monoisotopic (exact) mass is 304 g/mol. The molecule has 22 heavy (non-hydrogen) atoms. The Bertz CT molecular complexity index is 607. The second-order valence-corrected chi connectivity index (χ2v) is 6.17. The quantitative estimate of drug-likeness (QED) is 0.501. The number of nitrogens with zero attached hydrogens (tertiary/aromatic N) is 2. The Morgan fingerprint density at radius 1 is 1.36 bits per heavy atom. The third kappa shape index (κ3) is 2.52. The number of rotatable bonds is 3. The van der Waals surface area contributed by atoms with Gasteiger partial charge in [0.25, 0.3) is 11.6 Å². The van der Waals surface area contributed by atoms with Crippen molar-refractivity contribution in [3.8, 4) is 0 Å². The minimum Gasteiger partial charge on any atom is -0.393 e. The van der Waals surface area contributed by atoms with Gasteiger partial charge in [-0.3, -0.25) is 14.9 Å². The molecule has 3 rings (SSSR count). The van der Waals surface area contributed by atoms with Crippen LogP contribution < -0.4 is 11.1 Å². The maximum Gasteiger partial charge on any atom is 0.292 e. The van der Waals surface area contributed by atoms with E-state index in [2.05, 4.69) is 5.32 Å². The second-order valence-electron chi connectivity index (χ2n) is 6.17. The van der Waals surface area contributed by atoms with Crippen molar-refractivity contribution < 1.29 is 9.72 Å². The van der Waals surface area contributed by atoms with Crippen LogP contribution in [0.1, 0.15) is 36.0 Å². The fourth-order valence-electron chi connectivity index (χ4n) is 3.60. The number of nitro groups is 1. The van der Waals surface area contributed by atoms with Gasteiger partial charge in [-0.2, -0.15) is 0 Å². The molecular weight excluding hydrogens is 284 g/mol. The molecule has 0 saturated carbocycles. The molecule has 1 amide bonds. The minimum absolute atomic E-state index is 0.0544. The third-order valence-corrected chi connectivity index (χ3v) is 4.83. The Hall–Kier alpha value is -2.15. The van der Waals surface area contributed by atoms with Gasteiger partial charge in [-0.05, 0) is 31.7 Å². The average Bonchev–Trinajstić information content (AvgIpc) is 2.84. The number of nitrogens with two attached hydrogens (primary N) is 1. The molecule has 118 valence electrons. The first-order valence-corrected chi connectivity index (χ1v) is 7.53. The summed E-state index contributed by atoms with van der Waals surface area (Å²) in [6.45, 7) is 0. The molecular formula is C15H20N4O3. The first kappa shape index (κ1) is 14.8. The van der Waals surface area contributed by atoms with Gasteiger partial charge < -0.3 is 16.0 Å². The van der Waals surface area contributed by atoms with E-state index in [-0.39, 0.29) is 28.9 Å². The highest BCUT2D eigenvalue weighted by Gasteiger charge is 2.37. The molecule has 0 aliphatic carbocycles. The summed E-state index contributed by atoms with van der Waals surface area (Å²) in [7, 11) is 1.76. The van der Waals surface area contributed by atoms with Gasteiger partial charge in [-0.25, -0.2) is 0 Å². The zero-order chi connectivity index (χ0) is 15.9. The second kappa shape index (κ2) is 5.57. The molecule has 0 radical (unpaired) electrons. The van der Waals surface area contributed by atoms with Crippen LogP contribution in [0.4, 0.5) is 11.4 Å². The first-order chi connectivity index (χ1) is 10.5. The molecule has 7 nitrogen and oxygen atoms in total. The predicted molar refractivity (Wildman–Crippen MR) is 82.6 cm³/mol. The van der Waals surface area contributed by atoms with Gasteiger partial charge in [0, 0.05) is 31.2 Å². The van der Waals surface area contributed by atoms with E-state index < -0.39 is 4.92 Å². The Balaban J connectivity index is 1.81. The number of amides is 1. The number of fused-ring (bicyclic) bond motifs is 2. The molecule has 2 unspecified atom stereocenters. The number of nitrogen functional groups attached to an aromatic ring is 1. The van der Waals surface area contributed by atoms with Gasteiger partial charge in [-0.15, -0.1) is 0 Å². The number of piperidine rings is 1. The number of hydrogen-bond donors (Lipinski definition) is 2. The highest BCUT2D eigenvalue weighted by Crippen LogP contribution is 2.31. The zero-order valence-electron chi connectivity index (χ0n) is 12.5. The van der Waals surface area contributed by atoms with Crippen LogP contribution in [0.15, 0.2) is 18.2 Å². The molecule has 2 fully saturated rings. The van der Waals surface area contributed by atoms with Gasteiger partial charge in [-0.1, -0.05) is 6.07 Å². The molecule has 2 heterocycles. The summed E-state index contributed by atoms with van der Waals surface area (Å²) >= 11 is 0. The van der Waals surface area contributed by atoms with Crippen LogP contribution >= 0.6 is 0 Å². The number of carbonyl (C=O) groups is 1. The number of para-hydroxylation sites is 1. The summed E-state index contributed by atoms with van der Waals surface area (Å²) in [6.07, 6.45) is 4.16. The van der Waals surface area contributed by atoms with E-state index >= 15 is 0 Å². The molecule has 2 saturated heterocycles. The van der Waals surface area contributed by atoms with E-state index in [0.717, 1.165) is 25.7 Å². The molecule has 2 atom stereocenters. The lowest BCUT2D eigenvalue weighted by atomic mass is 9.97. The van der Waals surface area contributed by atoms with Crippen LogP contribution in [-0.2, 0) is 0 Å². The summed E-state index contributed by atoms with van der Waals surface area (Å²) in [5, 5.41) is 14.5. The Morgan fingerprint density at radius 3 is 2.59 bits per heavy atom. The predicted octanol–water partition coefficient (Wildman–Crippen LogP) is 1.53. The van der Waals surface area contributed by atoms with Gasteiger partial charge in [0.15, 0.2) is 0 Å². The third-order valence-electron chi connectivity index (χ3n) is 4.83. The van der Waals surface area contributed by atoms with E-state index in [0.29, 0.717) is 12.1 Å². The molecule has 2 aliphatic heterocycles. The average molecular weight is 304 g/mol. The maximum absolute atomic E-state index is 12.7. The normalized spacial score (nSPS) is 26.7. The van der Waals surface area contributed by atoms with Crippen molar-refractivity contribution in [2.45, 2.75) is 43.8 Å². The van der Waals surface area contributed by atoms with Crippen molar-refractivity contribution in [2.24, 2.45) is 0 Å². The standard InChI is InChI=1S/C15H20N4O3/c1-18(11-7-9-5-6-10(8-11)17-9)15(20)12-3-2-4-13(14(12)16)19(21)22/h2-4,9-11,17H,5-8,16H2,1H3. The number of benzene rings is 1. The van der Waals surface area contributed by atoms with E-state index in [4.69, 9.17) is 5.73 Å². The van der Waals surface area contributed by atoms with Crippen molar-refractivity contribution >= 4 is 17.3 Å². The number of nitrogens with one attached hydrogen (secondary N) is 1. The Morgan fingerprint density at radius 2 is 2.00 bits per heavy atom. The maximum atomic E-state index is 12.7. The highest BCUT2D eigenvalue weighted by molar-refractivity contribution is 6.01. The first-order valence-electron chi connectivity index (χ1n) is 7.53. The zero-order valence-corrected chi connectivity index (χ0v) is 12.5. The molecule has 0 aromatic heterocycles. The number of anilines is 1. The lowest BCUT2D eigenvalue weighted by molar-refractivity contribution is -0.383. The van der Waals surface area contributed by atoms with E-state index in [1.54, 1.807) is 18.0 Å². The topological polar surface area (TPSA) is 102 Å². The van der Waals surface area contributed by atoms with Crippen LogP contribution in [-0.4, -0.2) is 40.9 Å². The van der Waals surface area contributed by atoms with Gasteiger partial charge >= 0.3 is 0 Å². The summed E-state index contributed by atoms with van der Waals surface area (Å²) in [6, 6.07) is 5.47. The van der Waals surface area contributed by atoms with Crippen LogP contribution in [0.2, 0.25) is 0 Å². The fraction of sp³-hybridized carbons (Fsp3) is 0.533. The van der Waals surface area contributed by atoms with E-state index in [9.17, 15) is 14.9 Å². The molecule has 2 bridgehead atoms. The Labute approximate surface area is 128 Å². The molecule has 0 spiro atoms. The van der Waals surface area contributed by atoms with Crippen molar-refractivity contribution in [2.75, 3.05) is 12.8 Å². The van der Waals surface area contributed by atoms with Crippen LogP contribution in [0.25, 0.3) is 0 Å². The number of nitro benzene ring substituents is 1. The summed E-state index contributed by atoms with van der Waals surface area (Å²) in [5.74, 6) is -0.243. The van der Waals surface area contributed by atoms with Crippen LogP contribution in [0.3, 0.4) is 0 Å². The summed E-state index contributed by atoms with van der Waals surface area (Å²) in [5.41, 5.74) is 5.76. The van der Waals surface area contributed by atoms with Crippen molar-refractivity contribution in [3.63, 3.8) is 0 Å². The number of carbonyl (C=O) groups excluding carboxylic acids is 1. The SMILES string of the molecule is CN(C(=O)c1cccc([N+](=O)[O-])c1N)C1CC2CCC(C1)N2. The van der Waals surface area contributed by atoms with E-state index in [1.807, 2.05) is 0 Å². The fourth-order valence-corrected chi connectivity index (χ4v) is 3.60. The molecule has 1 aromatic carbocycles. The summed E-state index contributed by atoms with van der Waals surface area (Å²) < 4.78 is 0. The molecule has 7 heteroatoms. The van der Waals surface area contributed by atoms with Gasteiger partial charge in [0.1, 0.15) is 5.69 Å². The number of hydrogen-bond acceptors (Lipinski definition) is 5. The van der Waals surface area contributed by atoms with Crippen molar-refractivity contribution in [1.82, 2.24) is 10.2 Å². The largest absolute Gasteiger partial charge is 0.393 e. The summed E-state index contributed by atoms with van der Waals surface area (Å²) in [4.78, 5) is 24.8. The van der Waals surface area contributed by atoms with Gasteiger partial charge in [0.2, 0.25) is 0 Å². The smallest absolute Gasteiger partial charge is 0.292 e. The molecule has 1 aromatic rings. The lowest BCUT2D eigenvalue weighted by Crippen LogP contribution is -2.48. The van der Waals surface area contributed by atoms with Crippen LogP contribution in [0.5, 0.6) is 0 Å². The van der Waals surface area contributed by atoms with Gasteiger partial charge in [0.05, 0.1) is 10.5 Å². The highest BCUT2D eigenvalue weighted by atomic mass is 16.6. The van der Waals surface area contributed by atoms with Crippen molar-refractivity contribution in [3.05, 3.63) is 33.9 Å². The Kier molecular flexibility index (Phi) is 3.74. The van der Waals surface area contributed by atoms with E-state index in [1.165, 1.54) is 12.1 Å².